The number of benzene rings is 1. The molecule has 3 aromatic rings. The molecule has 1 aromatic carbocycles. The van der Waals surface area contributed by atoms with Crippen molar-refractivity contribution in [3.63, 3.8) is 0 Å². The van der Waals surface area contributed by atoms with Crippen molar-refractivity contribution in [3.8, 4) is 17.3 Å². The Bertz CT molecular complexity index is 1070. The van der Waals surface area contributed by atoms with Gasteiger partial charge in [-0.2, -0.15) is 15.5 Å². The predicted molar refractivity (Wildman–Crippen MR) is 114 cm³/mol. The number of hydrogen-bond donors (Lipinski definition) is 2. The van der Waals surface area contributed by atoms with Crippen molar-refractivity contribution < 1.29 is 4.79 Å². The highest BCUT2D eigenvalue weighted by atomic mass is 16.1. The summed E-state index contributed by atoms with van der Waals surface area (Å²) in [4.78, 5) is 13.0. The number of nitriles is 1. The van der Waals surface area contributed by atoms with Crippen LogP contribution in [-0.2, 0) is 18.3 Å². The SMILES string of the molecule is Cc1cc(-c2ccc(CC3CCCCC3C(=O)Nc3cn(C)nc3C#N)cc2)n[nH]1. The molecule has 4 rings (SSSR count). The first kappa shape index (κ1) is 19.9. The van der Waals surface area contributed by atoms with E-state index in [9.17, 15) is 10.1 Å². The Hall–Kier alpha value is -3.40. The van der Waals surface area contributed by atoms with Crippen molar-refractivity contribution in [1.29, 1.82) is 5.26 Å². The molecule has 30 heavy (non-hydrogen) atoms. The van der Waals surface area contributed by atoms with Crippen LogP contribution in [0.25, 0.3) is 11.3 Å². The van der Waals surface area contributed by atoms with Gasteiger partial charge in [-0.25, -0.2) is 0 Å². The summed E-state index contributed by atoms with van der Waals surface area (Å²) < 4.78 is 1.55. The quantitative estimate of drug-likeness (QED) is 0.674. The molecule has 0 radical (unpaired) electrons. The number of aromatic nitrogens is 4. The van der Waals surface area contributed by atoms with Crippen LogP contribution in [0, 0.1) is 30.1 Å². The van der Waals surface area contributed by atoms with Crippen molar-refractivity contribution in [3.05, 3.63) is 53.5 Å². The summed E-state index contributed by atoms with van der Waals surface area (Å²) in [5.74, 6) is 0.228. The number of hydrogen-bond acceptors (Lipinski definition) is 4. The number of rotatable bonds is 5. The van der Waals surface area contributed by atoms with E-state index in [0.717, 1.165) is 49.1 Å². The maximum absolute atomic E-state index is 13.0. The topological polar surface area (TPSA) is 99.4 Å². The van der Waals surface area contributed by atoms with Gasteiger partial charge in [-0.05, 0) is 43.7 Å². The molecule has 2 N–H and O–H groups in total. The van der Waals surface area contributed by atoms with Gasteiger partial charge in [0.1, 0.15) is 6.07 Å². The zero-order chi connectivity index (χ0) is 21.1. The summed E-state index contributed by atoms with van der Waals surface area (Å²) in [6.45, 7) is 1.99. The van der Waals surface area contributed by atoms with E-state index in [0.29, 0.717) is 11.6 Å². The highest BCUT2D eigenvalue weighted by molar-refractivity contribution is 5.93. The zero-order valence-electron chi connectivity index (χ0n) is 17.4. The first-order valence-electron chi connectivity index (χ1n) is 10.4. The van der Waals surface area contributed by atoms with Gasteiger partial charge in [-0.15, -0.1) is 0 Å². The van der Waals surface area contributed by atoms with Gasteiger partial charge in [-0.3, -0.25) is 14.6 Å². The third-order valence-corrected chi connectivity index (χ3v) is 5.89. The third-order valence-electron chi connectivity index (χ3n) is 5.89. The fourth-order valence-corrected chi connectivity index (χ4v) is 4.37. The molecule has 2 unspecified atom stereocenters. The van der Waals surface area contributed by atoms with E-state index in [1.165, 1.54) is 5.56 Å². The number of carbonyl (C=O) groups excluding carboxylic acids is 1. The molecule has 7 heteroatoms. The lowest BCUT2D eigenvalue weighted by atomic mass is 9.75. The van der Waals surface area contributed by atoms with Gasteiger partial charge >= 0.3 is 0 Å². The second-order valence-electron chi connectivity index (χ2n) is 8.15. The first-order chi connectivity index (χ1) is 14.5. The molecule has 1 saturated carbocycles. The maximum atomic E-state index is 13.0. The highest BCUT2D eigenvalue weighted by Gasteiger charge is 2.31. The molecular weight excluding hydrogens is 376 g/mol. The van der Waals surface area contributed by atoms with Gasteiger partial charge in [0.05, 0.1) is 11.4 Å². The number of amides is 1. The number of nitrogens with zero attached hydrogens (tertiary/aromatic N) is 4. The average molecular weight is 403 g/mol. The molecule has 0 saturated heterocycles. The molecule has 1 fully saturated rings. The van der Waals surface area contributed by atoms with Crippen molar-refractivity contribution in [2.24, 2.45) is 18.9 Å². The van der Waals surface area contributed by atoms with Gasteiger partial charge in [-0.1, -0.05) is 37.1 Å². The van der Waals surface area contributed by atoms with Crippen LogP contribution in [-0.4, -0.2) is 25.9 Å². The Morgan fingerprint density at radius 3 is 2.77 bits per heavy atom. The normalized spacial score (nSPS) is 18.7. The van der Waals surface area contributed by atoms with Crippen LogP contribution in [0.5, 0.6) is 0 Å². The van der Waals surface area contributed by atoms with Crippen LogP contribution in [0.1, 0.15) is 42.6 Å². The second kappa shape index (κ2) is 8.54. The van der Waals surface area contributed by atoms with Crippen LogP contribution in [0.15, 0.2) is 36.5 Å². The maximum Gasteiger partial charge on any atom is 0.227 e. The number of aryl methyl sites for hydroxylation is 2. The molecule has 1 aliphatic carbocycles. The minimum Gasteiger partial charge on any atom is -0.322 e. The van der Waals surface area contributed by atoms with E-state index in [-0.39, 0.29) is 17.5 Å². The van der Waals surface area contributed by atoms with Crippen LogP contribution in [0.2, 0.25) is 0 Å². The molecule has 2 aromatic heterocycles. The molecule has 0 bridgehead atoms. The number of nitrogens with one attached hydrogen (secondary N) is 2. The number of aromatic amines is 1. The largest absolute Gasteiger partial charge is 0.322 e. The Morgan fingerprint density at radius 1 is 1.30 bits per heavy atom. The van der Waals surface area contributed by atoms with Gasteiger partial charge in [0.2, 0.25) is 5.91 Å². The first-order valence-corrected chi connectivity index (χ1v) is 10.4. The van der Waals surface area contributed by atoms with Crippen molar-refractivity contribution in [2.75, 3.05) is 5.32 Å². The highest BCUT2D eigenvalue weighted by Crippen LogP contribution is 2.34. The Kier molecular flexibility index (Phi) is 5.66. The summed E-state index contributed by atoms with van der Waals surface area (Å²) in [5, 5.41) is 23.5. The molecule has 2 atom stereocenters. The van der Waals surface area contributed by atoms with Crippen LogP contribution >= 0.6 is 0 Å². The average Bonchev–Trinajstić information content (AvgIpc) is 3.34. The minimum absolute atomic E-state index is 0.00665. The lowest BCUT2D eigenvalue weighted by Crippen LogP contribution is -2.33. The monoisotopic (exact) mass is 402 g/mol. The molecule has 0 aliphatic heterocycles. The van der Waals surface area contributed by atoms with Crippen LogP contribution in [0.4, 0.5) is 5.69 Å². The van der Waals surface area contributed by atoms with Gasteiger partial charge in [0.15, 0.2) is 5.69 Å². The third kappa shape index (κ3) is 4.28. The van der Waals surface area contributed by atoms with E-state index in [1.54, 1.807) is 17.9 Å². The molecule has 2 heterocycles. The van der Waals surface area contributed by atoms with Gasteiger partial charge in [0.25, 0.3) is 0 Å². The Labute approximate surface area is 176 Å². The molecule has 154 valence electrons. The molecular formula is C23H26N6O. The summed E-state index contributed by atoms with van der Waals surface area (Å²) in [5.41, 5.74) is 5.05. The molecule has 0 spiro atoms. The fourth-order valence-electron chi connectivity index (χ4n) is 4.37. The van der Waals surface area contributed by atoms with Gasteiger partial charge in [0, 0.05) is 30.4 Å². The standard InChI is InChI=1S/C23H26N6O/c1-15-11-20(27-26-15)17-9-7-16(8-10-17)12-18-5-3-4-6-19(18)23(30)25-22-14-29(2)28-21(22)13-24/h7-11,14,18-19H,3-6,12H2,1-2H3,(H,25,30)(H,26,27). The van der Waals surface area contributed by atoms with Crippen LogP contribution < -0.4 is 5.32 Å². The predicted octanol–water partition coefficient (Wildman–Crippen LogP) is 3.98. The molecule has 7 nitrogen and oxygen atoms in total. The Morgan fingerprint density at radius 2 is 2.07 bits per heavy atom. The number of anilines is 1. The van der Waals surface area contributed by atoms with Crippen molar-refractivity contribution in [2.45, 2.75) is 39.0 Å². The van der Waals surface area contributed by atoms with E-state index in [4.69, 9.17) is 0 Å². The van der Waals surface area contributed by atoms with E-state index < -0.39 is 0 Å². The minimum atomic E-state index is -0.0563. The summed E-state index contributed by atoms with van der Waals surface area (Å²) in [6, 6.07) is 12.5. The fraction of sp³-hybridized carbons (Fsp3) is 0.391. The lowest BCUT2D eigenvalue weighted by molar-refractivity contribution is -0.122. The summed E-state index contributed by atoms with van der Waals surface area (Å²) in [6.07, 6.45) is 6.68. The molecule has 1 aliphatic rings. The lowest BCUT2D eigenvalue weighted by Gasteiger charge is -2.30. The van der Waals surface area contributed by atoms with E-state index in [2.05, 4.69) is 44.9 Å². The zero-order valence-corrected chi connectivity index (χ0v) is 17.4. The Balaban J connectivity index is 1.45. The van der Waals surface area contributed by atoms with Crippen LogP contribution in [0.3, 0.4) is 0 Å². The second-order valence-corrected chi connectivity index (χ2v) is 8.15. The number of carbonyl (C=O) groups is 1. The van der Waals surface area contributed by atoms with Crippen molar-refractivity contribution in [1.82, 2.24) is 20.0 Å². The molecule has 1 amide bonds. The van der Waals surface area contributed by atoms with Crippen molar-refractivity contribution >= 4 is 11.6 Å². The summed E-state index contributed by atoms with van der Waals surface area (Å²) in [7, 11) is 1.74. The van der Waals surface area contributed by atoms with Gasteiger partial charge < -0.3 is 5.32 Å². The summed E-state index contributed by atoms with van der Waals surface area (Å²) >= 11 is 0. The van der Waals surface area contributed by atoms with E-state index in [1.807, 2.05) is 19.1 Å². The smallest absolute Gasteiger partial charge is 0.227 e. The number of H-pyrrole nitrogens is 1. The van der Waals surface area contributed by atoms with E-state index >= 15 is 0 Å².